The van der Waals surface area contributed by atoms with Gasteiger partial charge < -0.3 is 11.5 Å². The van der Waals surface area contributed by atoms with E-state index in [4.69, 9.17) is 16.9 Å². The van der Waals surface area contributed by atoms with Crippen molar-refractivity contribution in [3.63, 3.8) is 0 Å². The summed E-state index contributed by atoms with van der Waals surface area (Å²) in [6.45, 7) is 0. The minimum Gasteiger partial charge on any atom is -0.370 e. The summed E-state index contributed by atoms with van der Waals surface area (Å²) >= 11 is 0.863. The minimum atomic E-state index is -0.612. The van der Waals surface area contributed by atoms with E-state index in [1.807, 2.05) is 0 Å². The number of nitrogens with zero attached hydrogens (tertiary/aromatic N) is 2. The Morgan fingerprint density at radius 2 is 2.22 bits per heavy atom. The zero-order valence-electron chi connectivity index (χ0n) is 9.09. The number of benzene rings is 1. The summed E-state index contributed by atoms with van der Waals surface area (Å²) in [5.74, 6) is -0.824. The van der Waals surface area contributed by atoms with Crippen molar-refractivity contribution >= 4 is 28.6 Å². The zero-order valence-corrected chi connectivity index (χ0v) is 9.91. The number of halogens is 1. The third kappa shape index (κ3) is 4.01. The lowest BCUT2D eigenvalue weighted by Gasteiger charge is -2.02. The highest BCUT2D eigenvalue weighted by Gasteiger charge is 2.14. The van der Waals surface area contributed by atoms with Gasteiger partial charge in [0.1, 0.15) is 5.82 Å². The van der Waals surface area contributed by atoms with E-state index in [0.29, 0.717) is 0 Å². The quantitative estimate of drug-likeness (QED) is 0.328. The highest BCUT2D eigenvalue weighted by atomic mass is 32.2. The van der Waals surface area contributed by atoms with E-state index in [9.17, 15) is 14.5 Å². The van der Waals surface area contributed by atoms with Gasteiger partial charge in [0.25, 0.3) is 5.69 Å². The first-order chi connectivity index (χ1) is 8.40. The number of nitrogens with one attached hydrogen (secondary N) is 1. The maximum absolute atomic E-state index is 13.0. The Balaban J connectivity index is 2.84. The molecule has 0 fully saturated rings. The predicted molar refractivity (Wildman–Crippen MR) is 67.9 cm³/mol. The summed E-state index contributed by atoms with van der Waals surface area (Å²) in [7, 11) is 0. The number of hydrogen-bond donors (Lipinski definition) is 3. The van der Waals surface area contributed by atoms with Crippen molar-refractivity contribution < 1.29 is 9.31 Å². The van der Waals surface area contributed by atoms with E-state index >= 15 is 0 Å². The van der Waals surface area contributed by atoms with Crippen LogP contribution in [0.5, 0.6) is 0 Å². The lowest BCUT2D eigenvalue weighted by atomic mass is 10.2. The van der Waals surface area contributed by atoms with Crippen LogP contribution in [0.15, 0.2) is 23.2 Å². The number of hydrogen-bond acceptors (Lipinski definition) is 4. The third-order valence-corrected chi connectivity index (χ3v) is 2.65. The highest BCUT2D eigenvalue weighted by Crippen LogP contribution is 2.24. The van der Waals surface area contributed by atoms with Crippen LogP contribution in [0.1, 0.15) is 5.56 Å². The van der Waals surface area contributed by atoms with Gasteiger partial charge in [-0.1, -0.05) is 11.8 Å². The molecule has 18 heavy (non-hydrogen) atoms. The van der Waals surface area contributed by atoms with Gasteiger partial charge in [-0.15, -0.1) is 0 Å². The molecule has 0 spiro atoms. The summed E-state index contributed by atoms with van der Waals surface area (Å²) in [4.78, 5) is 13.5. The lowest BCUT2D eigenvalue weighted by Crippen LogP contribution is -2.23. The number of nitrogens with two attached hydrogens (primary N) is 2. The Labute approximate surface area is 106 Å². The monoisotopic (exact) mass is 271 g/mol. The number of guanidine groups is 1. The van der Waals surface area contributed by atoms with E-state index in [1.165, 1.54) is 0 Å². The first-order valence-electron chi connectivity index (χ1n) is 4.64. The standard InChI is InChI=1S/C9H10FN5O2S/c10-6-1-2-7(15(16)17)5(3-6)4-18-9(13)14-8(11)12/h1-3H,4H2,(H5,11,12,13,14). The average molecular weight is 271 g/mol. The molecule has 0 unspecified atom stereocenters. The second kappa shape index (κ2) is 5.96. The molecule has 0 aliphatic heterocycles. The van der Waals surface area contributed by atoms with Crippen LogP contribution in [0, 0.1) is 21.3 Å². The van der Waals surface area contributed by atoms with E-state index in [2.05, 4.69) is 4.99 Å². The molecule has 0 heterocycles. The van der Waals surface area contributed by atoms with Gasteiger partial charge in [0, 0.05) is 17.4 Å². The smallest absolute Gasteiger partial charge is 0.273 e. The van der Waals surface area contributed by atoms with Crippen molar-refractivity contribution in [2.45, 2.75) is 5.75 Å². The number of nitro groups is 1. The van der Waals surface area contributed by atoms with Crippen molar-refractivity contribution in [2.75, 3.05) is 0 Å². The fourth-order valence-corrected chi connectivity index (χ4v) is 1.84. The SMILES string of the molecule is N=C(N=C(N)N)SCc1cc(F)ccc1[N+](=O)[O-]. The molecule has 0 amide bonds. The van der Waals surface area contributed by atoms with Gasteiger partial charge in [-0.05, 0) is 12.1 Å². The van der Waals surface area contributed by atoms with Crippen molar-refractivity contribution in [1.29, 1.82) is 5.41 Å². The van der Waals surface area contributed by atoms with E-state index < -0.39 is 10.7 Å². The van der Waals surface area contributed by atoms with Crippen LogP contribution in [-0.2, 0) is 5.75 Å². The van der Waals surface area contributed by atoms with Crippen LogP contribution in [0.3, 0.4) is 0 Å². The van der Waals surface area contributed by atoms with Crippen LogP contribution in [0.2, 0.25) is 0 Å². The molecule has 7 nitrogen and oxygen atoms in total. The summed E-state index contributed by atoms with van der Waals surface area (Å²) in [5.41, 5.74) is 10.1. The number of amidine groups is 1. The Morgan fingerprint density at radius 3 is 2.78 bits per heavy atom. The topological polar surface area (TPSA) is 131 Å². The van der Waals surface area contributed by atoms with Crippen LogP contribution >= 0.6 is 11.8 Å². The molecule has 0 bridgehead atoms. The molecule has 96 valence electrons. The minimum absolute atomic E-state index is 0.0314. The maximum Gasteiger partial charge on any atom is 0.273 e. The molecular formula is C9H10FN5O2S. The molecule has 0 aliphatic rings. The number of thioether (sulfide) groups is 1. The summed E-state index contributed by atoms with van der Waals surface area (Å²) in [6.07, 6.45) is 0. The molecule has 0 saturated heterocycles. The summed E-state index contributed by atoms with van der Waals surface area (Å²) in [6, 6.07) is 3.14. The molecule has 1 aromatic carbocycles. The number of aliphatic imine (C=N–C) groups is 1. The number of nitro benzene ring substituents is 1. The second-order valence-corrected chi connectivity index (χ2v) is 4.12. The van der Waals surface area contributed by atoms with Gasteiger partial charge in [-0.2, -0.15) is 4.99 Å². The second-order valence-electron chi connectivity index (χ2n) is 3.16. The van der Waals surface area contributed by atoms with Crippen LogP contribution in [0.4, 0.5) is 10.1 Å². The molecule has 0 atom stereocenters. The van der Waals surface area contributed by atoms with Crippen LogP contribution < -0.4 is 11.5 Å². The largest absolute Gasteiger partial charge is 0.370 e. The third-order valence-electron chi connectivity index (χ3n) is 1.83. The maximum atomic E-state index is 13.0. The van der Waals surface area contributed by atoms with Gasteiger partial charge in [-0.3, -0.25) is 15.5 Å². The van der Waals surface area contributed by atoms with Crippen LogP contribution in [0.25, 0.3) is 0 Å². The first-order valence-corrected chi connectivity index (χ1v) is 5.62. The van der Waals surface area contributed by atoms with Gasteiger partial charge in [0.15, 0.2) is 11.1 Å². The molecule has 0 radical (unpaired) electrons. The van der Waals surface area contributed by atoms with E-state index in [-0.39, 0.29) is 28.1 Å². The zero-order chi connectivity index (χ0) is 13.7. The Kier molecular flexibility index (Phi) is 4.60. The Morgan fingerprint density at radius 1 is 1.56 bits per heavy atom. The average Bonchev–Trinajstić information content (AvgIpc) is 2.25. The molecule has 5 N–H and O–H groups in total. The van der Waals surface area contributed by atoms with Crippen LogP contribution in [-0.4, -0.2) is 16.1 Å². The lowest BCUT2D eigenvalue weighted by molar-refractivity contribution is -0.385. The molecule has 0 aliphatic carbocycles. The van der Waals surface area contributed by atoms with E-state index in [1.54, 1.807) is 0 Å². The van der Waals surface area contributed by atoms with Gasteiger partial charge in [0.2, 0.25) is 0 Å². The molecule has 0 saturated carbocycles. The van der Waals surface area contributed by atoms with Gasteiger partial charge >= 0.3 is 0 Å². The number of rotatable bonds is 3. The molecular weight excluding hydrogens is 261 g/mol. The summed E-state index contributed by atoms with van der Waals surface area (Å²) < 4.78 is 13.0. The van der Waals surface area contributed by atoms with Crippen molar-refractivity contribution in [3.05, 3.63) is 39.7 Å². The van der Waals surface area contributed by atoms with Crippen molar-refractivity contribution in [1.82, 2.24) is 0 Å². The summed E-state index contributed by atoms with van der Waals surface area (Å²) in [5, 5.41) is 17.9. The molecule has 9 heteroatoms. The Hall–Kier alpha value is -2.16. The fourth-order valence-electron chi connectivity index (χ4n) is 1.14. The van der Waals surface area contributed by atoms with E-state index in [0.717, 1.165) is 30.0 Å². The molecule has 1 aromatic rings. The molecule has 0 aromatic heterocycles. The molecule has 1 rings (SSSR count). The first kappa shape index (κ1) is 13.9. The predicted octanol–water partition coefficient (Wildman–Crippen LogP) is 1.18. The fraction of sp³-hybridized carbons (Fsp3) is 0.111. The normalized spacial score (nSPS) is 9.83. The Bertz CT molecular complexity index is 516. The van der Waals surface area contributed by atoms with Crippen molar-refractivity contribution in [2.24, 2.45) is 16.5 Å². The highest BCUT2D eigenvalue weighted by molar-refractivity contribution is 8.13. The van der Waals surface area contributed by atoms with Crippen molar-refractivity contribution in [3.8, 4) is 0 Å². The van der Waals surface area contributed by atoms with Gasteiger partial charge in [0.05, 0.1) is 4.92 Å². The van der Waals surface area contributed by atoms with Gasteiger partial charge in [-0.25, -0.2) is 4.39 Å².